The summed E-state index contributed by atoms with van der Waals surface area (Å²) in [6, 6.07) is 1.29. The number of esters is 1. The van der Waals surface area contributed by atoms with Gasteiger partial charge in [-0.25, -0.2) is 4.79 Å². The number of alkyl halides is 3. The first-order chi connectivity index (χ1) is 5.50. The number of halogens is 3. The zero-order chi connectivity index (χ0) is 9.19. The smallest absolute Gasteiger partial charge is 0.419 e. The lowest BCUT2D eigenvalue weighted by atomic mass is 10.6. The van der Waals surface area contributed by atoms with Crippen molar-refractivity contribution in [3.05, 3.63) is 16.8 Å². The summed E-state index contributed by atoms with van der Waals surface area (Å²) in [7, 11) is 0. The highest BCUT2D eigenvalue weighted by atomic mass is 32.1. The largest absolute Gasteiger partial charge is 0.491 e. The van der Waals surface area contributed by atoms with Crippen LogP contribution in [0.15, 0.2) is 16.8 Å². The maximum Gasteiger partial charge on any atom is 0.491 e. The quantitative estimate of drug-likeness (QED) is 0.643. The van der Waals surface area contributed by atoms with Crippen molar-refractivity contribution in [2.24, 2.45) is 0 Å². The van der Waals surface area contributed by atoms with Gasteiger partial charge in [0.15, 0.2) is 0 Å². The van der Waals surface area contributed by atoms with Gasteiger partial charge in [0.2, 0.25) is 0 Å². The van der Waals surface area contributed by atoms with E-state index in [0.717, 1.165) is 11.3 Å². The monoisotopic (exact) mass is 196 g/mol. The summed E-state index contributed by atoms with van der Waals surface area (Å²) in [6.07, 6.45) is -4.93. The van der Waals surface area contributed by atoms with Crippen LogP contribution in [-0.2, 0) is 4.79 Å². The van der Waals surface area contributed by atoms with Gasteiger partial charge in [-0.1, -0.05) is 0 Å². The van der Waals surface area contributed by atoms with Crippen LogP contribution in [0.25, 0.3) is 0 Å². The summed E-state index contributed by atoms with van der Waals surface area (Å²) in [4.78, 5) is 10.2. The van der Waals surface area contributed by atoms with Gasteiger partial charge in [-0.15, -0.1) is 11.3 Å². The van der Waals surface area contributed by atoms with E-state index in [9.17, 15) is 18.0 Å². The third-order valence-corrected chi connectivity index (χ3v) is 1.60. The molecule has 0 aliphatic heterocycles. The van der Waals surface area contributed by atoms with Crippen molar-refractivity contribution in [2.45, 2.75) is 6.18 Å². The molecular weight excluding hydrogens is 193 g/mol. The number of carbonyl (C=O) groups excluding carboxylic acids is 1. The summed E-state index contributed by atoms with van der Waals surface area (Å²) in [5.74, 6) is -2.27. The predicted octanol–water partition coefficient (Wildman–Crippen LogP) is 2.22. The molecule has 66 valence electrons. The molecule has 6 heteroatoms. The molecule has 0 atom stereocenters. The van der Waals surface area contributed by atoms with Crippen molar-refractivity contribution in [3.8, 4) is 5.75 Å². The molecule has 0 unspecified atom stereocenters. The second kappa shape index (κ2) is 3.14. The van der Waals surface area contributed by atoms with Crippen molar-refractivity contribution >= 4 is 17.3 Å². The fourth-order valence-electron chi connectivity index (χ4n) is 0.475. The number of hydrogen-bond acceptors (Lipinski definition) is 3. The Hall–Kier alpha value is -1.04. The van der Waals surface area contributed by atoms with Gasteiger partial charge >= 0.3 is 12.1 Å². The first kappa shape index (κ1) is 9.05. The Balaban J connectivity index is 2.60. The summed E-state index contributed by atoms with van der Waals surface area (Å²) >= 11 is 1.15. The summed E-state index contributed by atoms with van der Waals surface area (Å²) in [5.41, 5.74) is 0. The summed E-state index contributed by atoms with van der Waals surface area (Å²) in [6.45, 7) is 0. The molecular formula is C6H3F3O2S. The highest BCUT2D eigenvalue weighted by Gasteiger charge is 2.41. The average molecular weight is 196 g/mol. The van der Waals surface area contributed by atoms with Crippen molar-refractivity contribution in [1.29, 1.82) is 0 Å². The lowest BCUT2D eigenvalue weighted by Gasteiger charge is -2.03. The minimum Gasteiger partial charge on any atom is -0.419 e. The molecule has 0 saturated heterocycles. The third kappa shape index (κ3) is 2.23. The molecule has 0 fully saturated rings. The van der Waals surface area contributed by atoms with E-state index in [-0.39, 0.29) is 5.75 Å². The molecule has 1 aromatic heterocycles. The summed E-state index contributed by atoms with van der Waals surface area (Å²) < 4.78 is 38.7. The van der Waals surface area contributed by atoms with E-state index in [4.69, 9.17) is 0 Å². The van der Waals surface area contributed by atoms with Crippen LogP contribution in [0.5, 0.6) is 5.75 Å². The molecule has 0 spiro atoms. The second-order valence-corrected chi connectivity index (χ2v) is 2.63. The fourth-order valence-corrected chi connectivity index (χ4v) is 1.03. The SMILES string of the molecule is O=C(Oc1ccsc1)C(F)(F)F. The highest BCUT2D eigenvalue weighted by molar-refractivity contribution is 7.08. The molecule has 1 rings (SSSR count). The Kier molecular flexibility index (Phi) is 2.37. The molecule has 0 amide bonds. The Morgan fingerprint density at radius 3 is 2.58 bits per heavy atom. The summed E-state index contributed by atoms with van der Waals surface area (Å²) in [5, 5.41) is 2.82. The first-order valence-electron chi connectivity index (χ1n) is 2.81. The fraction of sp³-hybridized carbons (Fsp3) is 0.167. The van der Waals surface area contributed by atoms with Crippen LogP contribution in [0.3, 0.4) is 0 Å². The van der Waals surface area contributed by atoms with Crippen molar-refractivity contribution in [3.63, 3.8) is 0 Å². The van der Waals surface area contributed by atoms with Gasteiger partial charge in [0.1, 0.15) is 5.75 Å². The minimum atomic E-state index is -4.93. The Morgan fingerprint density at radius 2 is 2.17 bits per heavy atom. The lowest BCUT2D eigenvalue weighted by Crippen LogP contribution is -2.27. The normalized spacial score (nSPS) is 11.2. The van der Waals surface area contributed by atoms with Crippen molar-refractivity contribution in [1.82, 2.24) is 0 Å². The Bertz CT molecular complexity index is 265. The highest BCUT2D eigenvalue weighted by Crippen LogP contribution is 2.21. The lowest BCUT2D eigenvalue weighted by molar-refractivity contribution is -0.189. The number of carbonyl (C=O) groups is 1. The molecule has 0 bridgehead atoms. The topological polar surface area (TPSA) is 26.3 Å². The molecule has 0 aliphatic carbocycles. The molecule has 1 heterocycles. The third-order valence-electron chi connectivity index (χ3n) is 0.937. The Morgan fingerprint density at radius 1 is 1.50 bits per heavy atom. The standard InChI is InChI=1S/C6H3F3O2S/c7-6(8,9)5(10)11-4-1-2-12-3-4/h1-3H. The van der Waals surface area contributed by atoms with Gasteiger partial charge in [0, 0.05) is 5.38 Å². The molecule has 12 heavy (non-hydrogen) atoms. The molecule has 0 aromatic carbocycles. The zero-order valence-corrected chi connectivity index (χ0v) is 6.41. The van der Waals surface area contributed by atoms with Gasteiger partial charge in [-0.3, -0.25) is 0 Å². The first-order valence-corrected chi connectivity index (χ1v) is 3.75. The van der Waals surface area contributed by atoms with Gasteiger partial charge in [-0.2, -0.15) is 13.2 Å². The molecule has 2 nitrogen and oxygen atoms in total. The van der Waals surface area contributed by atoms with Crippen molar-refractivity contribution in [2.75, 3.05) is 0 Å². The van der Waals surface area contributed by atoms with Gasteiger partial charge < -0.3 is 4.74 Å². The average Bonchev–Trinajstić information content (AvgIpc) is 2.37. The van der Waals surface area contributed by atoms with E-state index in [0.29, 0.717) is 0 Å². The Labute approximate surface area is 69.6 Å². The second-order valence-electron chi connectivity index (χ2n) is 1.85. The maximum atomic E-state index is 11.6. The van der Waals surface area contributed by atoms with Crippen LogP contribution in [0.4, 0.5) is 13.2 Å². The van der Waals surface area contributed by atoms with Crippen LogP contribution in [-0.4, -0.2) is 12.1 Å². The zero-order valence-electron chi connectivity index (χ0n) is 5.59. The van der Waals surface area contributed by atoms with Gasteiger partial charge in [0.25, 0.3) is 0 Å². The van der Waals surface area contributed by atoms with E-state index in [1.165, 1.54) is 16.8 Å². The predicted molar refractivity (Wildman–Crippen MR) is 36.0 cm³/mol. The van der Waals surface area contributed by atoms with Crippen LogP contribution < -0.4 is 4.74 Å². The van der Waals surface area contributed by atoms with Crippen LogP contribution >= 0.6 is 11.3 Å². The van der Waals surface area contributed by atoms with E-state index < -0.39 is 12.1 Å². The molecule has 1 aromatic rings. The van der Waals surface area contributed by atoms with E-state index in [1.54, 1.807) is 0 Å². The maximum absolute atomic E-state index is 11.6. The number of thiophene rings is 1. The molecule has 0 saturated carbocycles. The van der Waals surface area contributed by atoms with E-state index in [1.807, 2.05) is 0 Å². The molecule has 0 N–H and O–H groups in total. The van der Waals surface area contributed by atoms with E-state index in [2.05, 4.69) is 4.74 Å². The van der Waals surface area contributed by atoms with Crippen molar-refractivity contribution < 1.29 is 22.7 Å². The van der Waals surface area contributed by atoms with Gasteiger partial charge in [0.05, 0.1) is 0 Å². The number of rotatable bonds is 1. The van der Waals surface area contributed by atoms with Gasteiger partial charge in [-0.05, 0) is 11.4 Å². The number of hydrogen-bond donors (Lipinski definition) is 0. The molecule has 0 radical (unpaired) electrons. The molecule has 0 aliphatic rings. The number of ether oxygens (including phenoxy) is 1. The minimum absolute atomic E-state index is 0.0812. The van der Waals surface area contributed by atoms with Crippen LogP contribution in [0, 0.1) is 0 Å². The van der Waals surface area contributed by atoms with E-state index >= 15 is 0 Å². The van der Waals surface area contributed by atoms with Crippen LogP contribution in [0.1, 0.15) is 0 Å². The van der Waals surface area contributed by atoms with Crippen LogP contribution in [0.2, 0.25) is 0 Å².